The van der Waals surface area contributed by atoms with Gasteiger partial charge in [0.05, 0.1) is 0 Å². The second-order valence-corrected chi connectivity index (χ2v) is 7.69. The van der Waals surface area contributed by atoms with Gasteiger partial charge in [0.25, 0.3) is 0 Å². The molecule has 2 aliphatic rings. The number of nitrogens with one attached hydrogen (secondary N) is 1. The molecule has 1 amide bonds. The quantitative estimate of drug-likeness (QED) is 0.811. The van der Waals surface area contributed by atoms with Gasteiger partial charge in [0.1, 0.15) is 0 Å². The molecule has 3 heteroatoms. The van der Waals surface area contributed by atoms with Crippen molar-refractivity contribution in [3.05, 3.63) is 0 Å². The summed E-state index contributed by atoms with van der Waals surface area (Å²) < 4.78 is 0. The lowest BCUT2D eigenvalue weighted by Gasteiger charge is -2.40. The summed E-state index contributed by atoms with van der Waals surface area (Å²) in [5.41, 5.74) is 0. The maximum atomic E-state index is 12.4. The van der Waals surface area contributed by atoms with Crippen molar-refractivity contribution >= 4 is 5.91 Å². The van der Waals surface area contributed by atoms with E-state index in [1.54, 1.807) is 0 Å². The van der Waals surface area contributed by atoms with Crippen LogP contribution in [0.5, 0.6) is 0 Å². The predicted molar refractivity (Wildman–Crippen MR) is 83.5 cm³/mol. The van der Waals surface area contributed by atoms with Crippen molar-refractivity contribution in [1.82, 2.24) is 10.2 Å². The van der Waals surface area contributed by atoms with Gasteiger partial charge in [-0.25, -0.2) is 0 Å². The Morgan fingerprint density at radius 3 is 2.45 bits per heavy atom. The predicted octanol–water partition coefficient (Wildman–Crippen LogP) is 2.91. The molecule has 0 aromatic carbocycles. The molecule has 0 aromatic rings. The fraction of sp³-hybridized carbons (Fsp3) is 0.941. The highest BCUT2D eigenvalue weighted by atomic mass is 16.2. The van der Waals surface area contributed by atoms with Crippen LogP contribution in [-0.2, 0) is 4.79 Å². The minimum Gasteiger partial charge on any atom is -0.341 e. The first-order valence-corrected chi connectivity index (χ1v) is 8.46. The highest BCUT2D eigenvalue weighted by Crippen LogP contribution is 2.29. The Kier molecular flexibility index (Phi) is 5.48. The Morgan fingerprint density at radius 2 is 1.90 bits per heavy atom. The van der Waals surface area contributed by atoms with Crippen molar-refractivity contribution in [2.45, 2.75) is 59.4 Å². The molecule has 0 aromatic heterocycles. The van der Waals surface area contributed by atoms with Crippen molar-refractivity contribution in [3.63, 3.8) is 0 Å². The monoisotopic (exact) mass is 280 g/mol. The highest BCUT2D eigenvalue weighted by Gasteiger charge is 2.32. The van der Waals surface area contributed by atoms with Crippen LogP contribution in [0.25, 0.3) is 0 Å². The lowest BCUT2D eigenvalue weighted by atomic mass is 9.85. The number of rotatable bonds is 6. The standard InChI is InChI=1S/C17H32N2O/c1-12(2)7-17(20)19-10-15(13(3)4)8-16(11-19)18-9-14-5-6-14/h12-16,18H,5-11H2,1-4H3. The summed E-state index contributed by atoms with van der Waals surface area (Å²) in [6.45, 7) is 11.9. The summed E-state index contributed by atoms with van der Waals surface area (Å²) in [5, 5.41) is 3.71. The molecule has 1 aliphatic heterocycles. The zero-order valence-corrected chi connectivity index (χ0v) is 13.7. The van der Waals surface area contributed by atoms with Crippen molar-refractivity contribution in [2.75, 3.05) is 19.6 Å². The van der Waals surface area contributed by atoms with Gasteiger partial charge in [-0.15, -0.1) is 0 Å². The van der Waals surface area contributed by atoms with Crippen molar-refractivity contribution < 1.29 is 4.79 Å². The van der Waals surface area contributed by atoms with E-state index < -0.39 is 0 Å². The van der Waals surface area contributed by atoms with Crippen LogP contribution in [0.4, 0.5) is 0 Å². The van der Waals surface area contributed by atoms with E-state index in [2.05, 4.69) is 37.9 Å². The third-order valence-corrected chi connectivity index (χ3v) is 4.75. The number of likely N-dealkylation sites (tertiary alicyclic amines) is 1. The zero-order chi connectivity index (χ0) is 14.7. The number of hydrogen-bond acceptors (Lipinski definition) is 2. The SMILES string of the molecule is CC(C)CC(=O)N1CC(NCC2CC2)CC(C(C)C)C1. The third-order valence-electron chi connectivity index (χ3n) is 4.75. The van der Waals surface area contributed by atoms with Crippen LogP contribution in [0, 0.1) is 23.7 Å². The molecular weight excluding hydrogens is 248 g/mol. The van der Waals surface area contributed by atoms with Gasteiger partial charge in [0.2, 0.25) is 5.91 Å². The average Bonchev–Trinajstić information content (AvgIpc) is 3.19. The fourth-order valence-corrected chi connectivity index (χ4v) is 3.11. The molecule has 2 rings (SSSR count). The molecule has 1 aliphatic carbocycles. The molecule has 116 valence electrons. The molecule has 0 spiro atoms. The van der Waals surface area contributed by atoms with E-state index in [1.165, 1.54) is 19.3 Å². The van der Waals surface area contributed by atoms with Crippen LogP contribution in [-0.4, -0.2) is 36.5 Å². The Balaban J connectivity index is 1.90. The topological polar surface area (TPSA) is 32.3 Å². The van der Waals surface area contributed by atoms with Crippen LogP contribution in [0.15, 0.2) is 0 Å². The van der Waals surface area contributed by atoms with E-state index in [0.29, 0.717) is 36.1 Å². The molecule has 0 radical (unpaired) electrons. The van der Waals surface area contributed by atoms with E-state index in [9.17, 15) is 4.79 Å². The molecule has 2 unspecified atom stereocenters. The molecule has 3 nitrogen and oxygen atoms in total. The zero-order valence-electron chi connectivity index (χ0n) is 13.7. The molecule has 1 heterocycles. The van der Waals surface area contributed by atoms with Crippen molar-refractivity contribution in [1.29, 1.82) is 0 Å². The largest absolute Gasteiger partial charge is 0.341 e. The van der Waals surface area contributed by atoms with Crippen LogP contribution in [0.3, 0.4) is 0 Å². The normalized spacial score (nSPS) is 27.4. The van der Waals surface area contributed by atoms with Crippen LogP contribution >= 0.6 is 0 Å². The lowest BCUT2D eigenvalue weighted by molar-refractivity contribution is -0.134. The summed E-state index contributed by atoms with van der Waals surface area (Å²) in [5.74, 6) is 3.03. The summed E-state index contributed by atoms with van der Waals surface area (Å²) in [6, 6.07) is 0.507. The van der Waals surface area contributed by atoms with Gasteiger partial charge >= 0.3 is 0 Å². The second kappa shape index (κ2) is 6.93. The molecule has 1 saturated carbocycles. The van der Waals surface area contributed by atoms with Gasteiger partial charge < -0.3 is 10.2 Å². The fourth-order valence-electron chi connectivity index (χ4n) is 3.11. The first-order valence-electron chi connectivity index (χ1n) is 8.46. The number of carbonyl (C=O) groups excluding carboxylic acids is 1. The average molecular weight is 280 g/mol. The van der Waals surface area contributed by atoms with E-state index in [4.69, 9.17) is 0 Å². The smallest absolute Gasteiger partial charge is 0.222 e. The van der Waals surface area contributed by atoms with Crippen molar-refractivity contribution in [2.24, 2.45) is 23.7 Å². The molecule has 1 saturated heterocycles. The number of piperidine rings is 1. The van der Waals surface area contributed by atoms with E-state index in [-0.39, 0.29) is 0 Å². The lowest BCUT2D eigenvalue weighted by Crippen LogP contribution is -2.52. The van der Waals surface area contributed by atoms with E-state index in [0.717, 1.165) is 25.6 Å². The molecule has 0 bridgehead atoms. The van der Waals surface area contributed by atoms with Gasteiger partial charge in [0, 0.05) is 25.6 Å². The number of carbonyl (C=O) groups is 1. The molecular formula is C17H32N2O. The van der Waals surface area contributed by atoms with Gasteiger partial charge in [-0.2, -0.15) is 0 Å². The molecule has 1 N–H and O–H groups in total. The molecule has 2 atom stereocenters. The number of amides is 1. The van der Waals surface area contributed by atoms with Gasteiger partial charge in [-0.3, -0.25) is 4.79 Å². The Bertz CT molecular complexity index is 323. The van der Waals surface area contributed by atoms with Gasteiger partial charge in [0.15, 0.2) is 0 Å². The summed E-state index contributed by atoms with van der Waals surface area (Å²) >= 11 is 0. The van der Waals surface area contributed by atoms with E-state index in [1.807, 2.05) is 0 Å². The Labute approximate surface area is 124 Å². The van der Waals surface area contributed by atoms with Crippen LogP contribution < -0.4 is 5.32 Å². The Hall–Kier alpha value is -0.570. The maximum absolute atomic E-state index is 12.4. The summed E-state index contributed by atoms with van der Waals surface area (Å²) in [4.78, 5) is 14.5. The highest BCUT2D eigenvalue weighted by molar-refractivity contribution is 5.76. The van der Waals surface area contributed by atoms with Crippen molar-refractivity contribution in [3.8, 4) is 0 Å². The minimum absolute atomic E-state index is 0.351. The first-order chi connectivity index (χ1) is 9.45. The van der Waals surface area contributed by atoms with Crippen LogP contribution in [0.1, 0.15) is 53.4 Å². The summed E-state index contributed by atoms with van der Waals surface area (Å²) in [6.07, 6.45) is 4.71. The van der Waals surface area contributed by atoms with Gasteiger partial charge in [-0.1, -0.05) is 27.7 Å². The second-order valence-electron chi connectivity index (χ2n) is 7.69. The first kappa shape index (κ1) is 15.8. The third kappa shape index (κ3) is 4.76. The number of hydrogen-bond donors (Lipinski definition) is 1. The summed E-state index contributed by atoms with van der Waals surface area (Å²) in [7, 11) is 0. The number of nitrogens with zero attached hydrogens (tertiary/aromatic N) is 1. The van der Waals surface area contributed by atoms with Gasteiger partial charge in [-0.05, 0) is 49.5 Å². The molecule has 20 heavy (non-hydrogen) atoms. The minimum atomic E-state index is 0.351. The van der Waals surface area contributed by atoms with Crippen LogP contribution in [0.2, 0.25) is 0 Å². The maximum Gasteiger partial charge on any atom is 0.222 e. The molecule has 2 fully saturated rings. The van der Waals surface area contributed by atoms with E-state index >= 15 is 0 Å². The Morgan fingerprint density at radius 1 is 1.20 bits per heavy atom.